The van der Waals surface area contributed by atoms with E-state index in [1.165, 1.54) is 22.9 Å². The van der Waals surface area contributed by atoms with Crippen molar-refractivity contribution in [2.24, 2.45) is 7.05 Å². The summed E-state index contributed by atoms with van der Waals surface area (Å²) in [5, 5.41) is 2.94. The number of sulfonamides is 1. The molecule has 1 N–H and O–H groups in total. The van der Waals surface area contributed by atoms with Gasteiger partial charge in [-0.05, 0) is 49.4 Å². The van der Waals surface area contributed by atoms with E-state index in [2.05, 4.69) is 5.32 Å². The second-order valence-corrected chi connectivity index (χ2v) is 10.1. The van der Waals surface area contributed by atoms with Crippen molar-refractivity contribution in [3.63, 3.8) is 0 Å². The summed E-state index contributed by atoms with van der Waals surface area (Å²) in [6, 6.07) is 23.0. The zero-order chi connectivity index (χ0) is 25.2. The molecule has 0 spiro atoms. The number of amides is 1. The molecule has 180 valence electrons. The molecule has 3 aromatic carbocycles. The van der Waals surface area contributed by atoms with Gasteiger partial charge >= 0.3 is 0 Å². The molecule has 1 aromatic heterocycles. The van der Waals surface area contributed by atoms with Gasteiger partial charge in [0.1, 0.15) is 12.2 Å². The van der Waals surface area contributed by atoms with Gasteiger partial charge in [-0.1, -0.05) is 54.1 Å². The van der Waals surface area contributed by atoms with Crippen molar-refractivity contribution in [2.45, 2.75) is 11.8 Å². The van der Waals surface area contributed by atoms with E-state index < -0.39 is 28.0 Å². The smallest absolute Gasteiger partial charge is 0.295 e. The summed E-state index contributed by atoms with van der Waals surface area (Å²) in [5.74, 6) is -0.671. The molecule has 35 heavy (non-hydrogen) atoms. The standard InChI is InChI=1S/C25H23ClN4O4S/c1-18-24(25(32)30(28(18)2)20-11-5-3-6-12-20)27-23(31)17-29(21-13-9-10-19(26)16-21)35(33,34)22-14-7-4-8-15-22/h3-16H,17H2,1-2H3,(H,27,31). The maximum Gasteiger partial charge on any atom is 0.295 e. The van der Waals surface area contributed by atoms with E-state index in [9.17, 15) is 18.0 Å². The zero-order valence-electron chi connectivity index (χ0n) is 19.1. The Bertz CT molecular complexity index is 1530. The second kappa shape index (κ2) is 9.81. The number of rotatable bonds is 7. The number of aromatic nitrogens is 2. The predicted molar refractivity (Wildman–Crippen MR) is 137 cm³/mol. The number of para-hydroxylation sites is 1. The average molecular weight is 511 g/mol. The van der Waals surface area contributed by atoms with Crippen molar-refractivity contribution in [3.05, 3.63) is 106 Å². The minimum Gasteiger partial charge on any atom is -0.318 e. The van der Waals surface area contributed by atoms with Gasteiger partial charge in [0, 0.05) is 12.1 Å². The van der Waals surface area contributed by atoms with Crippen LogP contribution in [-0.2, 0) is 21.9 Å². The highest BCUT2D eigenvalue weighted by Gasteiger charge is 2.28. The molecule has 0 aliphatic heterocycles. The Kier molecular flexibility index (Phi) is 6.81. The molecule has 0 aliphatic carbocycles. The predicted octanol–water partition coefficient (Wildman–Crippen LogP) is 3.97. The highest BCUT2D eigenvalue weighted by molar-refractivity contribution is 7.92. The number of nitrogens with zero attached hydrogens (tertiary/aromatic N) is 3. The third-order valence-corrected chi connectivity index (χ3v) is 7.56. The first kappa shape index (κ1) is 24.3. The lowest BCUT2D eigenvalue weighted by Gasteiger charge is -2.24. The maximum atomic E-state index is 13.4. The van der Waals surface area contributed by atoms with Crippen LogP contribution >= 0.6 is 11.6 Å². The van der Waals surface area contributed by atoms with Gasteiger partial charge in [-0.2, -0.15) is 0 Å². The molecule has 8 nitrogen and oxygen atoms in total. The Balaban J connectivity index is 1.69. The van der Waals surface area contributed by atoms with Crippen molar-refractivity contribution >= 4 is 38.9 Å². The van der Waals surface area contributed by atoms with Gasteiger partial charge in [0.2, 0.25) is 5.91 Å². The quantitative estimate of drug-likeness (QED) is 0.407. The Morgan fingerprint density at radius 2 is 1.60 bits per heavy atom. The maximum absolute atomic E-state index is 13.4. The normalized spacial score (nSPS) is 11.3. The zero-order valence-corrected chi connectivity index (χ0v) is 20.6. The summed E-state index contributed by atoms with van der Waals surface area (Å²) in [5.41, 5.74) is 1.03. The van der Waals surface area contributed by atoms with Gasteiger partial charge in [-0.25, -0.2) is 13.1 Å². The fourth-order valence-electron chi connectivity index (χ4n) is 3.69. The average Bonchev–Trinajstić information content (AvgIpc) is 3.06. The number of hydrogen-bond acceptors (Lipinski definition) is 4. The van der Waals surface area contributed by atoms with Gasteiger partial charge < -0.3 is 5.32 Å². The number of carbonyl (C=O) groups is 1. The fraction of sp³-hybridized carbons (Fsp3) is 0.120. The SMILES string of the molecule is Cc1c(NC(=O)CN(c2cccc(Cl)c2)S(=O)(=O)c2ccccc2)c(=O)n(-c2ccccc2)n1C. The Morgan fingerprint density at radius 3 is 2.23 bits per heavy atom. The molecule has 0 fully saturated rings. The largest absolute Gasteiger partial charge is 0.318 e. The number of halogens is 1. The van der Waals surface area contributed by atoms with Crippen LogP contribution in [0.25, 0.3) is 5.69 Å². The van der Waals surface area contributed by atoms with Crippen molar-refractivity contribution < 1.29 is 13.2 Å². The van der Waals surface area contributed by atoms with Crippen LogP contribution in [0.15, 0.2) is 94.6 Å². The van der Waals surface area contributed by atoms with E-state index in [-0.39, 0.29) is 16.3 Å². The van der Waals surface area contributed by atoms with Crippen LogP contribution in [0.2, 0.25) is 5.02 Å². The molecule has 0 unspecified atom stereocenters. The number of benzene rings is 3. The molecular formula is C25H23ClN4O4S. The summed E-state index contributed by atoms with van der Waals surface area (Å²) in [6.45, 7) is 1.14. The first-order chi connectivity index (χ1) is 16.7. The molecular weight excluding hydrogens is 488 g/mol. The molecule has 0 atom stereocenters. The van der Waals surface area contributed by atoms with Crippen LogP contribution in [-0.4, -0.2) is 30.2 Å². The van der Waals surface area contributed by atoms with E-state index >= 15 is 0 Å². The lowest BCUT2D eigenvalue weighted by Crippen LogP contribution is -2.38. The van der Waals surface area contributed by atoms with Crippen molar-refractivity contribution in [2.75, 3.05) is 16.2 Å². The first-order valence-electron chi connectivity index (χ1n) is 10.7. The van der Waals surface area contributed by atoms with Gasteiger partial charge in [-0.3, -0.25) is 18.6 Å². The number of anilines is 2. The van der Waals surface area contributed by atoms with Gasteiger partial charge in [0.15, 0.2) is 0 Å². The van der Waals surface area contributed by atoms with Crippen LogP contribution in [0.5, 0.6) is 0 Å². The van der Waals surface area contributed by atoms with E-state index in [0.29, 0.717) is 16.4 Å². The molecule has 1 amide bonds. The van der Waals surface area contributed by atoms with Crippen LogP contribution in [0.1, 0.15) is 5.69 Å². The molecule has 0 saturated carbocycles. The van der Waals surface area contributed by atoms with Crippen molar-refractivity contribution in [3.8, 4) is 5.69 Å². The first-order valence-corrected chi connectivity index (χ1v) is 12.5. The number of carbonyl (C=O) groups excluding carboxylic acids is 1. The highest BCUT2D eigenvalue weighted by atomic mass is 35.5. The Labute approximate surface area is 208 Å². The molecule has 0 bridgehead atoms. The van der Waals surface area contributed by atoms with Crippen molar-refractivity contribution in [1.29, 1.82) is 0 Å². The fourth-order valence-corrected chi connectivity index (χ4v) is 5.31. The molecule has 0 radical (unpaired) electrons. The lowest BCUT2D eigenvalue weighted by atomic mass is 10.3. The third-order valence-electron chi connectivity index (χ3n) is 5.53. The summed E-state index contributed by atoms with van der Waals surface area (Å²) in [7, 11) is -2.39. The molecule has 4 aromatic rings. The van der Waals surface area contributed by atoms with Crippen LogP contribution in [0, 0.1) is 6.92 Å². The number of hydrogen-bond donors (Lipinski definition) is 1. The number of nitrogens with one attached hydrogen (secondary N) is 1. The second-order valence-electron chi connectivity index (χ2n) is 7.79. The third kappa shape index (κ3) is 4.87. The molecule has 0 saturated heterocycles. The highest BCUT2D eigenvalue weighted by Crippen LogP contribution is 2.26. The summed E-state index contributed by atoms with van der Waals surface area (Å²) < 4.78 is 30.9. The van der Waals surface area contributed by atoms with Crippen LogP contribution in [0.4, 0.5) is 11.4 Å². The summed E-state index contributed by atoms with van der Waals surface area (Å²) >= 11 is 6.10. The van der Waals surface area contributed by atoms with E-state index in [0.717, 1.165) is 4.31 Å². The molecule has 10 heteroatoms. The summed E-state index contributed by atoms with van der Waals surface area (Å²) in [6.07, 6.45) is 0. The van der Waals surface area contributed by atoms with Crippen LogP contribution < -0.4 is 15.2 Å². The van der Waals surface area contributed by atoms with Gasteiger partial charge in [-0.15, -0.1) is 0 Å². The van der Waals surface area contributed by atoms with E-state index in [4.69, 9.17) is 11.6 Å². The molecule has 0 aliphatic rings. The topological polar surface area (TPSA) is 93.4 Å². The van der Waals surface area contributed by atoms with Gasteiger partial charge in [0.25, 0.3) is 15.6 Å². The monoisotopic (exact) mass is 510 g/mol. The molecule has 4 rings (SSSR count). The lowest BCUT2D eigenvalue weighted by molar-refractivity contribution is -0.114. The van der Waals surface area contributed by atoms with Crippen molar-refractivity contribution in [1.82, 2.24) is 9.36 Å². The minimum absolute atomic E-state index is 0.0232. The van der Waals surface area contributed by atoms with E-state index in [1.807, 2.05) is 6.07 Å². The summed E-state index contributed by atoms with van der Waals surface area (Å²) in [4.78, 5) is 26.3. The van der Waals surface area contributed by atoms with Gasteiger partial charge in [0.05, 0.1) is 22.0 Å². The Morgan fingerprint density at radius 1 is 0.971 bits per heavy atom. The minimum atomic E-state index is -4.10. The van der Waals surface area contributed by atoms with Crippen LogP contribution in [0.3, 0.4) is 0 Å². The van der Waals surface area contributed by atoms with E-state index in [1.54, 1.807) is 79.3 Å². The molecule has 1 heterocycles. The Hall–Kier alpha value is -3.82.